The highest BCUT2D eigenvalue weighted by atomic mass is 19.1. The smallest absolute Gasteiger partial charge is 0.339 e. The van der Waals surface area contributed by atoms with Gasteiger partial charge in [0.05, 0.1) is 6.20 Å². The largest absolute Gasteiger partial charge is 0.478 e. The molecule has 0 unspecified atom stereocenters. The maximum Gasteiger partial charge on any atom is 0.339 e. The molecule has 110 valence electrons. The molecular weight excluding hydrogens is 287 g/mol. The van der Waals surface area contributed by atoms with Crippen LogP contribution in [-0.2, 0) is 0 Å². The van der Waals surface area contributed by atoms with Gasteiger partial charge in [0.1, 0.15) is 22.9 Å². The number of hydrogen-bond donors (Lipinski definition) is 2. The number of carboxylic acids is 1. The molecule has 0 aliphatic heterocycles. The normalized spacial score (nSPS) is 10.4. The average Bonchev–Trinajstić information content (AvgIpc) is 3.01. The molecular formula is C16H11FN2O3. The third kappa shape index (κ3) is 2.80. The second-order valence-electron chi connectivity index (χ2n) is 4.56. The van der Waals surface area contributed by atoms with Gasteiger partial charge in [-0.3, -0.25) is 5.10 Å². The minimum Gasteiger partial charge on any atom is -0.478 e. The summed E-state index contributed by atoms with van der Waals surface area (Å²) in [5.74, 6) is -1.20. The zero-order chi connectivity index (χ0) is 15.5. The zero-order valence-electron chi connectivity index (χ0n) is 11.3. The number of carboxylic acid groups (broad SMARTS) is 1. The quantitative estimate of drug-likeness (QED) is 0.770. The van der Waals surface area contributed by atoms with Crippen LogP contribution in [0.2, 0.25) is 0 Å². The lowest BCUT2D eigenvalue weighted by molar-refractivity contribution is 0.0694. The fourth-order valence-electron chi connectivity index (χ4n) is 2.03. The van der Waals surface area contributed by atoms with Crippen molar-refractivity contribution in [3.63, 3.8) is 0 Å². The Morgan fingerprint density at radius 3 is 2.73 bits per heavy atom. The Bertz CT molecular complexity index is 816. The number of rotatable bonds is 4. The maximum absolute atomic E-state index is 13.2. The Balaban J connectivity index is 1.99. The Morgan fingerprint density at radius 2 is 2.05 bits per heavy atom. The summed E-state index contributed by atoms with van der Waals surface area (Å²) in [5, 5.41) is 15.8. The number of carbonyl (C=O) groups is 1. The lowest BCUT2D eigenvalue weighted by Gasteiger charge is -2.10. The molecule has 6 heteroatoms. The highest BCUT2D eigenvalue weighted by molar-refractivity contribution is 5.92. The predicted octanol–water partition coefficient (Wildman–Crippen LogP) is 3.71. The van der Waals surface area contributed by atoms with Gasteiger partial charge < -0.3 is 9.84 Å². The summed E-state index contributed by atoms with van der Waals surface area (Å²) in [6.07, 6.45) is 3.25. The van der Waals surface area contributed by atoms with Crippen molar-refractivity contribution in [3.05, 3.63) is 66.2 Å². The molecule has 0 aliphatic rings. The summed E-state index contributed by atoms with van der Waals surface area (Å²) >= 11 is 0. The van der Waals surface area contributed by atoms with Gasteiger partial charge in [0, 0.05) is 17.8 Å². The third-order valence-electron chi connectivity index (χ3n) is 3.07. The van der Waals surface area contributed by atoms with E-state index in [1.807, 2.05) is 0 Å². The van der Waals surface area contributed by atoms with E-state index in [2.05, 4.69) is 10.2 Å². The highest BCUT2D eigenvalue weighted by Gasteiger charge is 2.14. The number of aromatic nitrogens is 2. The highest BCUT2D eigenvalue weighted by Crippen LogP contribution is 2.30. The van der Waals surface area contributed by atoms with Crippen LogP contribution in [0.1, 0.15) is 10.4 Å². The van der Waals surface area contributed by atoms with Gasteiger partial charge in [-0.2, -0.15) is 5.10 Å². The van der Waals surface area contributed by atoms with Gasteiger partial charge in [-0.1, -0.05) is 12.1 Å². The molecule has 3 rings (SSSR count). The third-order valence-corrected chi connectivity index (χ3v) is 3.07. The molecule has 2 N–H and O–H groups in total. The number of hydrogen-bond acceptors (Lipinski definition) is 3. The monoisotopic (exact) mass is 298 g/mol. The van der Waals surface area contributed by atoms with Crippen LogP contribution in [0.15, 0.2) is 54.9 Å². The topological polar surface area (TPSA) is 75.2 Å². The van der Waals surface area contributed by atoms with E-state index in [0.717, 1.165) is 5.56 Å². The van der Waals surface area contributed by atoms with Crippen molar-refractivity contribution in [3.8, 4) is 22.6 Å². The molecule has 1 aromatic heterocycles. The van der Waals surface area contributed by atoms with Gasteiger partial charge in [-0.05, 0) is 29.8 Å². The van der Waals surface area contributed by atoms with Crippen molar-refractivity contribution in [2.75, 3.05) is 0 Å². The molecule has 0 saturated carbocycles. The Labute approximate surface area is 125 Å². The number of nitrogens with zero attached hydrogens (tertiary/aromatic N) is 1. The van der Waals surface area contributed by atoms with Crippen LogP contribution in [0.3, 0.4) is 0 Å². The first kappa shape index (κ1) is 13.8. The van der Waals surface area contributed by atoms with E-state index >= 15 is 0 Å². The number of benzene rings is 2. The summed E-state index contributed by atoms with van der Waals surface area (Å²) in [7, 11) is 0. The van der Waals surface area contributed by atoms with Crippen molar-refractivity contribution in [1.82, 2.24) is 10.2 Å². The summed E-state index contributed by atoms with van der Waals surface area (Å²) in [6, 6.07) is 10.3. The predicted molar refractivity (Wildman–Crippen MR) is 77.5 cm³/mol. The molecule has 0 fully saturated rings. The van der Waals surface area contributed by atoms with Crippen LogP contribution in [0.4, 0.5) is 4.39 Å². The van der Waals surface area contributed by atoms with E-state index in [1.165, 1.54) is 30.3 Å². The number of aromatic carboxylic acids is 1. The zero-order valence-corrected chi connectivity index (χ0v) is 11.3. The van der Waals surface area contributed by atoms with Crippen molar-refractivity contribution in [2.24, 2.45) is 0 Å². The summed E-state index contributed by atoms with van der Waals surface area (Å²) < 4.78 is 18.7. The van der Waals surface area contributed by atoms with Gasteiger partial charge in [0.15, 0.2) is 0 Å². The molecule has 22 heavy (non-hydrogen) atoms. The van der Waals surface area contributed by atoms with Gasteiger partial charge in [-0.25, -0.2) is 9.18 Å². The van der Waals surface area contributed by atoms with Crippen LogP contribution in [-0.4, -0.2) is 21.3 Å². The van der Waals surface area contributed by atoms with Gasteiger partial charge >= 0.3 is 5.97 Å². The molecule has 0 radical (unpaired) electrons. The molecule has 3 aromatic rings. The molecule has 0 bridgehead atoms. The lowest BCUT2D eigenvalue weighted by atomic mass is 10.1. The summed E-state index contributed by atoms with van der Waals surface area (Å²) in [4.78, 5) is 11.4. The summed E-state index contributed by atoms with van der Waals surface area (Å²) in [6.45, 7) is 0. The van der Waals surface area contributed by atoms with Gasteiger partial charge in [0.25, 0.3) is 0 Å². The van der Waals surface area contributed by atoms with Gasteiger partial charge in [-0.15, -0.1) is 0 Å². The molecule has 0 aliphatic carbocycles. The van der Waals surface area contributed by atoms with E-state index in [1.54, 1.807) is 24.5 Å². The number of nitrogens with one attached hydrogen (secondary N) is 1. The number of ether oxygens (including phenoxy) is 1. The van der Waals surface area contributed by atoms with Crippen LogP contribution in [0.25, 0.3) is 11.1 Å². The number of halogens is 1. The van der Waals surface area contributed by atoms with E-state index < -0.39 is 11.8 Å². The molecule has 0 atom stereocenters. The second-order valence-corrected chi connectivity index (χ2v) is 4.56. The first-order valence-electron chi connectivity index (χ1n) is 6.43. The van der Waals surface area contributed by atoms with Crippen molar-refractivity contribution < 1.29 is 19.0 Å². The van der Waals surface area contributed by atoms with Crippen molar-refractivity contribution in [1.29, 1.82) is 0 Å². The minimum absolute atomic E-state index is 0.0111. The van der Waals surface area contributed by atoms with E-state index in [4.69, 9.17) is 4.74 Å². The van der Waals surface area contributed by atoms with Crippen LogP contribution in [0, 0.1) is 5.82 Å². The van der Waals surface area contributed by atoms with Gasteiger partial charge in [0.2, 0.25) is 0 Å². The molecule has 5 nitrogen and oxygen atoms in total. The molecule has 0 spiro atoms. The molecule has 2 aromatic carbocycles. The maximum atomic E-state index is 13.2. The molecule has 0 amide bonds. The standard InChI is InChI=1S/C16H11FN2O3/c17-12-2-1-3-13(7-12)22-15-5-4-10(6-14(15)16(20)21)11-8-18-19-9-11/h1-9H,(H,18,19)(H,20,21). The average molecular weight is 298 g/mol. The summed E-state index contributed by atoms with van der Waals surface area (Å²) in [5.41, 5.74) is 1.44. The lowest BCUT2D eigenvalue weighted by Crippen LogP contribution is -2.00. The number of aromatic amines is 1. The van der Waals surface area contributed by atoms with E-state index in [-0.39, 0.29) is 17.1 Å². The van der Waals surface area contributed by atoms with E-state index in [0.29, 0.717) is 5.56 Å². The Morgan fingerprint density at radius 1 is 1.18 bits per heavy atom. The number of H-pyrrole nitrogens is 1. The van der Waals surface area contributed by atoms with E-state index in [9.17, 15) is 14.3 Å². The molecule has 1 heterocycles. The fraction of sp³-hybridized carbons (Fsp3) is 0. The van der Waals surface area contributed by atoms with Crippen molar-refractivity contribution in [2.45, 2.75) is 0 Å². The second kappa shape index (κ2) is 5.69. The first-order chi connectivity index (χ1) is 10.6. The Hall–Kier alpha value is -3.15. The van der Waals surface area contributed by atoms with Crippen LogP contribution in [0.5, 0.6) is 11.5 Å². The van der Waals surface area contributed by atoms with Crippen molar-refractivity contribution >= 4 is 5.97 Å². The fourth-order valence-corrected chi connectivity index (χ4v) is 2.03. The SMILES string of the molecule is O=C(O)c1cc(-c2cn[nH]c2)ccc1Oc1cccc(F)c1. The molecule has 0 saturated heterocycles. The minimum atomic E-state index is -1.13. The Kier molecular flexibility index (Phi) is 3.57. The first-order valence-corrected chi connectivity index (χ1v) is 6.43. The van der Waals surface area contributed by atoms with Crippen LogP contribution < -0.4 is 4.74 Å². The van der Waals surface area contributed by atoms with Crippen LogP contribution >= 0.6 is 0 Å².